The number of benzene rings is 2. The van der Waals surface area contributed by atoms with Gasteiger partial charge in [-0.3, -0.25) is 0 Å². The lowest BCUT2D eigenvalue weighted by molar-refractivity contribution is 0.219. The molecule has 1 atom stereocenters. The molecule has 0 heterocycles. The first-order chi connectivity index (χ1) is 9.48. The molecule has 0 saturated carbocycles. The smallest absolute Gasteiger partial charge is 0.164 e. The van der Waals surface area contributed by atoms with Crippen LogP contribution in [0.15, 0.2) is 46.9 Å². The quantitative estimate of drug-likeness (QED) is 0.879. The summed E-state index contributed by atoms with van der Waals surface area (Å²) in [5, 5.41) is 12.7. The van der Waals surface area contributed by atoms with E-state index in [1.165, 1.54) is 12.1 Å². The second-order valence-electron chi connectivity index (χ2n) is 4.70. The zero-order valence-corrected chi connectivity index (χ0v) is 12.4. The summed E-state index contributed by atoms with van der Waals surface area (Å²) in [5.74, 6) is -1.89. The van der Waals surface area contributed by atoms with Crippen molar-refractivity contribution >= 4 is 21.6 Å². The van der Waals surface area contributed by atoms with Gasteiger partial charge in [-0.05, 0) is 41.1 Å². The molecule has 0 spiro atoms. The van der Waals surface area contributed by atoms with E-state index in [1.807, 2.05) is 18.2 Å². The molecule has 1 unspecified atom stereocenters. The molecule has 0 aliphatic carbocycles. The van der Waals surface area contributed by atoms with Crippen LogP contribution in [-0.4, -0.2) is 11.7 Å². The molecule has 0 aliphatic heterocycles. The van der Waals surface area contributed by atoms with Crippen molar-refractivity contribution < 1.29 is 13.9 Å². The number of nitrogens with one attached hydrogen (secondary N) is 1. The van der Waals surface area contributed by atoms with Gasteiger partial charge in [0, 0.05) is 15.7 Å². The van der Waals surface area contributed by atoms with E-state index in [0.717, 1.165) is 10.5 Å². The van der Waals surface area contributed by atoms with Gasteiger partial charge in [0.15, 0.2) is 11.6 Å². The number of hydrogen-bond donors (Lipinski definition) is 2. The summed E-state index contributed by atoms with van der Waals surface area (Å²) in [6, 6.07) is 11.2. The highest BCUT2D eigenvalue weighted by Gasteiger charge is 2.30. The normalized spacial score (nSPS) is 13.8. The summed E-state index contributed by atoms with van der Waals surface area (Å²) >= 11 is 3.37. The second kappa shape index (κ2) is 5.89. The van der Waals surface area contributed by atoms with Crippen molar-refractivity contribution in [3.63, 3.8) is 0 Å². The predicted molar refractivity (Wildman–Crippen MR) is 78.6 cm³/mol. The van der Waals surface area contributed by atoms with Crippen LogP contribution < -0.4 is 5.32 Å². The summed E-state index contributed by atoms with van der Waals surface area (Å²) in [7, 11) is 0. The first kappa shape index (κ1) is 14.9. The van der Waals surface area contributed by atoms with Crippen molar-refractivity contribution in [1.82, 2.24) is 0 Å². The molecule has 2 rings (SSSR count). The number of rotatable bonds is 4. The lowest BCUT2D eigenvalue weighted by Crippen LogP contribution is -2.37. The summed E-state index contributed by atoms with van der Waals surface area (Å²) in [5.41, 5.74) is -0.362. The van der Waals surface area contributed by atoms with Crippen molar-refractivity contribution in [2.75, 3.05) is 11.9 Å². The highest BCUT2D eigenvalue weighted by molar-refractivity contribution is 9.10. The maximum Gasteiger partial charge on any atom is 0.164 e. The third-order valence-electron chi connectivity index (χ3n) is 3.15. The predicted octanol–water partition coefficient (Wildman–Crippen LogP) is 4.05. The Bertz CT molecular complexity index is 621. The number of anilines is 1. The highest BCUT2D eigenvalue weighted by atomic mass is 79.9. The zero-order chi connectivity index (χ0) is 14.8. The molecule has 0 saturated heterocycles. The van der Waals surface area contributed by atoms with Crippen LogP contribution in [0, 0.1) is 11.6 Å². The third kappa shape index (κ3) is 2.83. The lowest BCUT2D eigenvalue weighted by atomic mass is 9.91. The van der Waals surface area contributed by atoms with Crippen LogP contribution in [-0.2, 0) is 5.54 Å². The van der Waals surface area contributed by atoms with Crippen molar-refractivity contribution in [2.24, 2.45) is 0 Å². The Labute approximate surface area is 124 Å². The SMILES string of the molecule is CC(CO)(Nc1ccccc1Br)c1cccc(F)c1F. The van der Waals surface area contributed by atoms with Gasteiger partial charge in [-0.2, -0.15) is 0 Å². The van der Waals surface area contributed by atoms with Crippen LogP contribution in [0.3, 0.4) is 0 Å². The van der Waals surface area contributed by atoms with Crippen LogP contribution in [0.2, 0.25) is 0 Å². The van der Waals surface area contributed by atoms with Crippen molar-refractivity contribution in [1.29, 1.82) is 0 Å². The maximum atomic E-state index is 13.9. The van der Waals surface area contributed by atoms with Gasteiger partial charge in [-0.1, -0.05) is 24.3 Å². The second-order valence-corrected chi connectivity index (χ2v) is 5.55. The molecule has 2 aromatic carbocycles. The molecule has 2 aromatic rings. The fourth-order valence-electron chi connectivity index (χ4n) is 1.98. The summed E-state index contributed by atoms with van der Waals surface area (Å²) in [6.07, 6.45) is 0. The van der Waals surface area contributed by atoms with Crippen molar-refractivity contribution in [2.45, 2.75) is 12.5 Å². The van der Waals surface area contributed by atoms with E-state index < -0.39 is 17.2 Å². The fraction of sp³-hybridized carbons (Fsp3) is 0.200. The molecule has 0 amide bonds. The standard InChI is InChI=1S/C15H14BrF2NO/c1-15(9-20,10-5-4-7-12(17)14(10)18)19-13-8-3-2-6-11(13)16/h2-8,19-20H,9H2,1H3. The largest absolute Gasteiger partial charge is 0.394 e. The molecule has 0 aliphatic rings. The van der Waals surface area contributed by atoms with Crippen LogP contribution in [0.1, 0.15) is 12.5 Å². The van der Waals surface area contributed by atoms with Gasteiger partial charge < -0.3 is 10.4 Å². The molecule has 20 heavy (non-hydrogen) atoms. The minimum absolute atomic E-state index is 0.0794. The van der Waals surface area contributed by atoms with Gasteiger partial charge >= 0.3 is 0 Å². The summed E-state index contributed by atoms with van der Waals surface area (Å²) < 4.78 is 28.1. The van der Waals surface area contributed by atoms with Gasteiger partial charge in [-0.25, -0.2) is 8.78 Å². The first-order valence-corrected chi connectivity index (χ1v) is 6.85. The Kier molecular flexibility index (Phi) is 4.40. The fourth-order valence-corrected chi connectivity index (χ4v) is 2.37. The third-order valence-corrected chi connectivity index (χ3v) is 3.84. The zero-order valence-electron chi connectivity index (χ0n) is 10.8. The first-order valence-electron chi connectivity index (χ1n) is 6.06. The minimum atomic E-state index is -1.13. The Morgan fingerprint density at radius 2 is 1.85 bits per heavy atom. The molecular weight excluding hydrogens is 328 g/mol. The van der Waals surface area contributed by atoms with E-state index in [-0.39, 0.29) is 12.2 Å². The highest BCUT2D eigenvalue weighted by Crippen LogP contribution is 2.32. The van der Waals surface area contributed by atoms with E-state index in [0.29, 0.717) is 5.69 Å². The van der Waals surface area contributed by atoms with Crippen LogP contribution >= 0.6 is 15.9 Å². The molecule has 5 heteroatoms. The Morgan fingerprint density at radius 1 is 1.15 bits per heavy atom. The van der Waals surface area contributed by atoms with E-state index in [9.17, 15) is 13.9 Å². The molecule has 0 radical (unpaired) electrons. The number of para-hydroxylation sites is 1. The molecule has 2 N–H and O–H groups in total. The van der Waals surface area contributed by atoms with Gasteiger partial charge in [0.2, 0.25) is 0 Å². The number of halogens is 3. The summed E-state index contributed by atoms with van der Waals surface area (Å²) in [4.78, 5) is 0. The monoisotopic (exact) mass is 341 g/mol. The topological polar surface area (TPSA) is 32.3 Å². The number of hydrogen-bond acceptors (Lipinski definition) is 2. The average molecular weight is 342 g/mol. The number of aliphatic hydroxyl groups excluding tert-OH is 1. The van der Waals surface area contributed by atoms with Crippen LogP contribution in [0.5, 0.6) is 0 Å². The molecule has 0 bridgehead atoms. The van der Waals surface area contributed by atoms with Crippen molar-refractivity contribution in [3.8, 4) is 0 Å². The molecule has 0 fully saturated rings. The van der Waals surface area contributed by atoms with E-state index in [4.69, 9.17) is 0 Å². The van der Waals surface area contributed by atoms with E-state index in [1.54, 1.807) is 13.0 Å². The van der Waals surface area contributed by atoms with Gasteiger partial charge in [0.05, 0.1) is 12.1 Å². The van der Waals surface area contributed by atoms with Crippen molar-refractivity contribution in [3.05, 3.63) is 64.1 Å². The maximum absolute atomic E-state index is 13.9. The minimum Gasteiger partial charge on any atom is -0.394 e. The molecule has 0 aromatic heterocycles. The Balaban J connectivity index is 2.44. The number of aliphatic hydroxyl groups is 1. The van der Waals surface area contributed by atoms with Crippen LogP contribution in [0.4, 0.5) is 14.5 Å². The Morgan fingerprint density at radius 3 is 2.50 bits per heavy atom. The van der Waals surface area contributed by atoms with Crippen LogP contribution in [0.25, 0.3) is 0 Å². The Hall–Kier alpha value is -1.46. The van der Waals surface area contributed by atoms with Gasteiger partial charge in [-0.15, -0.1) is 0 Å². The lowest BCUT2D eigenvalue weighted by Gasteiger charge is -2.31. The van der Waals surface area contributed by atoms with E-state index >= 15 is 0 Å². The van der Waals surface area contributed by atoms with E-state index in [2.05, 4.69) is 21.2 Å². The molecule has 106 valence electrons. The molecule has 2 nitrogen and oxygen atoms in total. The summed E-state index contributed by atoms with van der Waals surface area (Å²) in [6.45, 7) is 1.24. The molecular formula is C15H14BrF2NO. The van der Waals surface area contributed by atoms with Gasteiger partial charge in [0.1, 0.15) is 0 Å². The average Bonchev–Trinajstić information content (AvgIpc) is 2.44. The van der Waals surface area contributed by atoms with Gasteiger partial charge in [0.25, 0.3) is 0 Å².